The molecule has 17 heavy (non-hydrogen) atoms. The molecule has 0 bridgehead atoms. The Labute approximate surface area is 105 Å². The molecule has 90 valence electrons. The lowest BCUT2D eigenvalue weighted by Gasteiger charge is -2.14. The topological polar surface area (TPSA) is 56.7 Å². The molecule has 0 aliphatic heterocycles. The Kier molecular flexibility index (Phi) is 3.76. The Morgan fingerprint density at radius 3 is 2.94 bits per heavy atom. The summed E-state index contributed by atoms with van der Waals surface area (Å²) in [6, 6.07) is 5.33. The molecule has 2 rings (SSSR count). The molecule has 0 radical (unpaired) electrons. The minimum absolute atomic E-state index is 0.335. The largest absolute Gasteiger partial charge is 0.318 e. The number of pyridine rings is 1. The summed E-state index contributed by atoms with van der Waals surface area (Å²) >= 11 is 6.13. The molecule has 0 aromatic carbocycles. The lowest BCUT2D eigenvalue weighted by molar-refractivity contribution is 0.557. The van der Waals surface area contributed by atoms with Gasteiger partial charge in [0, 0.05) is 12.7 Å². The number of halogens is 1. The fourth-order valence-corrected chi connectivity index (χ4v) is 2.03. The van der Waals surface area contributed by atoms with E-state index in [1.165, 1.54) is 0 Å². The van der Waals surface area contributed by atoms with Gasteiger partial charge < -0.3 is 5.73 Å². The van der Waals surface area contributed by atoms with Crippen molar-refractivity contribution in [2.24, 2.45) is 5.73 Å². The van der Waals surface area contributed by atoms with Crippen LogP contribution in [-0.2, 0) is 6.54 Å². The first-order valence-corrected chi connectivity index (χ1v) is 5.99. The highest BCUT2D eigenvalue weighted by Gasteiger charge is 2.18. The van der Waals surface area contributed by atoms with Gasteiger partial charge >= 0.3 is 0 Å². The number of hydrogen-bond donors (Lipinski definition) is 1. The first-order chi connectivity index (χ1) is 8.24. The normalized spacial score (nSPS) is 12.6. The third-order valence-electron chi connectivity index (χ3n) is 2.57. The highest BCUT2D eigenvalue weighted by molar-refractivity contribution is 6.31. The minimum atomic E-state index is -0.335. The van der Waals surface area contributed by atoms with Crippen LogP contribution in [-0.4, -0.2) is 14.8 Å². The first kappa shape index (κ1) is 12.1. The van der Waals surface area contributed by atoms with Gasteiger partial charge in [-0.3, -0.25) is 9.67 Å². The molecule has 2 aromatic heterocycles. The Morgan fingerprint density at radius 1 is 1.47 bits per heavy atom. The van der Waals surface area contributed by atoms with Gasteiger partial charge in [-0.25, -0.2) is 0 Å². The number of aryl methyl sites for hydroxylation is 1. The van der Waals surface area contributed by atoms with Crippen LogP contribution in [0.5, 0.6) is 0 Å². The molecule has 2 N–H and O–H groups in total. The van der Waals surface area contributed by atoms with E-state index in [0.29, 0.717) is 5.02 Å². The monoisotopic (exact) mass is 250 g/mol. The van der Waals surface area contributed by atoms with Crippen molar-refractivity contribution in [3.05, 3.63) is 47.0 Å². The number of nitrogens with zero attached hydrogens (tertiary/aromatic N) is 3. The summed E-state index contributed by atoms with van der Waals surface area (Å²) in [7, 11) is 0. The van der Waals surface area contributed by atoms with E-state index in [0.717, 1.165) is 24.4 Å². The first-order valence-electron chi connectivity index (χ1n) is 5.61. The van der Waals surface area contributed by atoms with E-state index >= 15 is 0 Å². The van der Waals surface area contributed by atoms with Crippen LogP contribution < -0.4 is 5.73 Å². The molecule has 0 saturated carbocycles. The second-order valence-corrected chi connectivity index (χ2v) is 4.24. The van der Waals surface area contributed by atoms with Crippen molar-refractivity contribution in [2.45, 2.75) is 25.9 Å². The summed E-state index contributed by atoms with van der Waals surface area (Å²) in [5.41, 5.74) is 7.81. The van der Waals surface area contributed by atoms with Crippen LogP contribution in [0.15, 0.2) is 30.6 Å². The highest BCUT2D eigenvalue weighted by Crippen LogP contribution is 2.25. The molecular weight excluding hydrogens is 236 g/mol. The average molecular weight is 251 g/mol. The van der Waals surface area contributed by atoms with E-state index in [2.05, 4.69) is 17.0 Å². The van der Waals surface area contributed by atoms with Crippen molar-refractivity contribution in [3.63, 3.8) is 0 Å². The molecule has 1 atom stereocenters. The van der Waals surface area contributed by atoms with Gasteiger partial charge in [0.05, 0.1) is 28.6 Å². The van der Waals surface area contributed by atoms with Crippen LogP contribution in [0.4, 0.5) is 0 Å². The molecule has 1 unspecified atom stereocenters. The summed E-state index contributed by atoms with van der Waals surface area (Å²) in [5.74, 6) is 0. The van der Waals surface area contributed by atoms with Gasteiger partial charge in [-0.2, -0.15) is 5.10 Å². The third kappa shape index (κ3) is 2.48. The van der Waals surface area contributed by atoms with Crippen molar-refractivity contribution in [3.8, 4) is 0 Å². The standard InChI is InChI=1S/C12H15ClN4/c1-2-7-17-12(9(13)8-16-17)11(14)10-5-3-4-6-15-10/h3-6,8,11H,2,7,14H2,1H3. The van der Waals surface area contributed by atoms with E-state index in [-0.39, 0.29) is 6.04 Å². The quantitative estimate of drug-likeness (QED) is 0.907. The molecule has 5 heteroatoms. The van der Waals surface area contributed by atoms with Crippen molar-refractivity contribution < 1.29 is 0 Å². The van der Waals surface area contributed by atoms with Gasteiger partial charge in [-0.15, -0.1) is 0 Å². The lowest BCUT2D eigenvalue weighted by atomic mass is 10.1. The summed E-state index contributed by atoms with van der Waals surface area (Å²) < 4.78 is 1.85. The van der Waals surface area contributed by atoms with Crippen molar-refractivity contribution in [1.29, 1.82) is 0 Å². The molecule has 0 saturated heterocycles. The molecule has 0 aliphatic rings. The molecular formula is C12H15ClN4. The van der Waals surface area contributed by atoms with Crippen LogP contribution in [0.2, 0.25) is 5.02 Å². The predicted octanol–water partition coefficient (Wildman–Crippen LogP) is 2.39. The Hall–Kier alpha value is -1.39. The van der Waals surface area contributed by atoms with Crippen LogP contribution >= 0.6 is 11.6 Å². The fourth-order valence-electron chi connectivity index (χ4n) is 1.77. The van der Waals surface area contributed by atoms with E-state index in [4.69, 9.17) is 17.3 Å². The van der Waals surface area contributed by atoms with Crippen LogP contribution in [0, 0.1) is 0 Å². The Bertz CT molecular complexity index is 481. The number of rotatable bonds is 4. The second-order valence-electron chi connectivity index (χ2n) is 3.83. The molecule has 0 fully saturated rings. The molecule has 0 amide bonds. The Morgan fingerprint density at radius 2 is 2.29 bits per heavy atom. The number of hydrogen-bond acceptors (Lipinski definition) is 3. The summed E-state index contributed by atoms with van der Waals surface area (Å²) in [5, 5.41) is 4.82. The van der Waals surface area contributed by atoms with Crippen LogP contribution in [0.3, 0.4) is 0 Å². The minimum Gasteiger partial charge on any atom is -0.318 e. The molecule has 4 nitrogen and oxygen atoms in total. The maximum absolute atomic E-state index is 6.18. The van der Waals surface area contributed by atoms with Gasteiger partial charge in [-0.05, 0) is 18.6 Å². The van der Waals surface area contributed by atoms with Crippen molar-refractivity contribution in [1.82, 2.24) is 14.8 Å². The summed E-state index contributed by atoms with van der Waals surface area (Å²) in [4.78, 5) is 4.25. The van der Waals surface area contributed by atoms with Crippen LogP contribution in [0.25, 0.3) is 0 Å². The number of nitrogens with two attached hydrogens (primary N) is 1. The van der Waals surface area contributed by atoms with Gasteiger partial charge in [0.1, 0.15) is 0 Å². The maximum Gasteiger partial charge on any atom is 0.0912 e. The zero-order valence-electron chi connectivity index (χ0n) is 9.68. The van der Waals surface area contributed by atoms with Crippen LogP contribution in [0.1, 0.15) is 30.8 Å². The maximum atomic E-state index is 6.18. The van der Waals surface area contributed by atoms with E-state index in [1.54, 1.807) is 12.4 Å². The van der Waals surface area contributed by atoms with E-state index in [1.807, 2.05) is 22.9 Å². The second kappa shape index (κ2) is 5.29. The average Bonchev–Trinajstić information content (AvgIpc) is 2.71. The van der Waals surface area contributed by atoms with E-state index in [9.17, 15) is 0 Å². The summed E-state index contributed by atoms with van der Waals surface area (Å²) in [6.45, 7) is 2.90. The smallest absolute Gasteiger partial charge is 0.0912 e. The molecule has 0 aliphatic carbocycles. The highest BCUT2D eigenvalue weighted by atomic mass is 35.5. The SMILES string of the molecule is CCCn1ncc(Cl)c1C(N)c1ccccn1. The lowest BCUT2D eigenvalue weighted by Crippen LogP contribution is -2.19. The van der Waals surface area contributed by atoms with Gasteiger partial charge in [0.25, 0.3) is 0 Å². The van der Waals surface area contributed by atoms with Crippen molar-refractivity contribution >= 4 is 11.6 Å². The molecule has 2 heterocycles. The third-order valence-corrected chi connectivity index (χ3v) is 2.86. The zero-order chi connectivity index (χ0) is 12.3. The summed E-state index contributed by atoms with van der Waals surface area (Å²) in [6.07, 6.45) is 4.35. The number of aromatic nitrogens is 3. The van der Waals surface area contributed by atoms with Gasteiger partial charge in [0.2, 0.25) is 0 Å². The van der Waals surface area contributed by atoms with Gasteiger partial charge in [-0.1, -0.05) is 24.6 Å². The van der Waals surface area contributed by atoms with Gasteiger partial charge in [0.15, 0.2) is 0 Å². The fraction of sp³-hybridized carbons (Fsp3) is 0.333. The zero-order valence-corrected chi connectivity index (χ0v) is 10.4. The van der Waals surface area contributed by atoms with E-state index < -0.39 is 0 Å². The molecule has 2 aromatic rings. The van der Waals surface area contributed by atoms with Crippen molar-refractivity contribution in [2.75, 3.05) is 0 Å². The Balaban J connectivity index is 2.36. The molecule has 0 spiro atoms. The predicted molar refractivity (Wildman–Crippen MR) is 67.8 cm³/mol.